The van der Waals surface area contributed by atoms with Crippen molar-refractivity contribution >= 4 is 46.7 Å². The predicted molar refractivity (Wildman–Crippen MR) is 246 cm³/mol. The molecule has 15 heteroatoms. The van der Waals surface area contributed by atoms with Crippen LogP contribution in [0.25, 0.3) is 5.82 Å². The van der Waals surface area contributed by atoms with Gasteiger partial charge in [-0.15, -0.1) is 5.10 Å². The van der Waals surface area contributed by atoms with Gasteiger partial charge in [-0.2, -0.15) is 5.10 Å². The monoisotopic (exact) mass is 926 g/mol. The second kappa shape index (κ2) is 22.4. The maximum atomic E-state index is 12.3. The largest absolute Gasteiger partial charge is 0.478 e. The number of pyridine rings is 2. The van der Waals surface area contributed by atoms with Crippen molar-refractivity contribution in [3.05, 3.63) is 75.4 Å². The summed E-state index contributed by atoms with van der Waals surface area (Å²) < 4.78 is 23.8. The van der Waals surface area contributed by atoms with Gasteiger partial charge in [0.1, 0.15) is 26.7 Å². The van der Waals surface area contributed by atoms with Gasteiger partial charge in [-0.05, 0) is 114 Å². The van der Waals surface area contributed by atoms with Crippen molar-refractivity contribution in [2.45, 2.75) is 143 Å². The third-order valence-electron chi connectivity index (χ3n) is 12.6. The summed E-state index contributed by atoms with van der Waals surface area (Å²) in [6.45, 7) is 12.3. The predicted octanol–water partition coefficient (Wildman–Crippen LogP) is 12.6. The highest BCUT2D eigenvalue weighted by atomic mass is 35.5. The normalized spacial score (nSPS) is 16.9. The number of H-pyrrole nitrogens is 1. The van der Waals surface area contributed by atoms with Crippen molar-refractivity contribution in [3.8, 4) is 17.6 Å². The standard InChI is InChI=1S/C24H32ClN3O3.C14H22N2O.C10H11Cl2NO2/c1-24(2,3)31-23(29)19-10-11-20(26-22(19)25)28-14-12-21(27-28)30-15-13-18(16-6-4-7-16)17-8-5-9-17;1-3-11(4-1)13(12-5-2-6-12)8-10-17-14-7-9-15-16-14;1-10(2,3)15-9(14)6-4-5-7(11)13-8(6)12/h10-12,14,16-18H,4-9,13,15H2,1-3H3;7,9,11-13H,1-6,8,10H2,(H,15,16);4-5H,1-3H3. The van der Waals surface area contributed by atoms with Crippen molar-refractivity contribution in [1.82, 2.24) is 29.9 Å². The van der Waals surface area contributed by atoms with Crippen LogP contribution in [0.2, 0.25) is 15.5 Å². The fourth-order valence-corrected chi connectivity index (χ4v) is 9.21. The molecular weight excluding hydrogens is 863 g/mol. The summed E-state index contributed by atoms with van der Waals surface area (Å²) in [7, 11) is 0. The van der Waals surface area contributed by atoms with Crippen LogP contribution < -0.4 is 9.47 Å². The zero-order valence-electron chi connectivity index (χ0n) is 37.7. The van der Waals surface area contributed by atoms with E-state index in [1.165, 1.54) is 95.6 Å². The summed E-state index contributed by atoms with van der Waals surface area (Å²) in [5.41, 5.74) is -0.693. The number of carbonyl (C=O) groups excluding carboxylic acids is 2. The molecule has 8 rings (SSSR count). The SMILES string of the molecule is CC(C)(C)OC(=O)c1ccc(-n2ccc(OCCC(C3CCC3)C3CCC3)n2)nc1Cl.CC(C)(C)OC(=O)c1ccc(Cl)nc1Cl.c1cc(OCCC(C2CCC2)C2CCC2)[nH]n1. The van der Waals surface area contributed by atoms with E-state index in [2.05, 4.69) is 25.3 Å². The molecule has 1 N–H and O–H groups in total. The Kier molecular flexibility index (Phi) is 17.2. The number of aromatic nitrogens is 6. The molecule has 0 aliphatic heterocycles. The Morgan fingerprint density at radius 2 is 1.14 bits per heavy atom. The average Bonchev–Trinajstić information content (AvgIpc) is 3.80. The molecule has 12 nitrogen and oxygen atoms in total. The first-order valence-electron chi connectivity index (χ1n) is 22.8. The number of nitrogens with one attached hydrogen (secondary N) is 1. The number of carbonyl (C=O) groups is 2. The van der Waals surface area contributed by atoms with Crippen molar-refractivity contribution in [2.75, 3.05) is 13.2 Å². The number of ether oxygens (including phenoxy) is 4. The fraction of sp³-hybridized carbons (Fsp3) is 0.625. The zero-order valence-corrected chi connectivity index (χ0v) is 40.0. The number of esters is 2. The Labute approximate surface area is 387 Å². The van der Waals surface area contributed by atoms with Crippen LogP contribution in [0.4, 0.5) is 0 Å². The van der Waals surface area contributed by atoms with Crippen LogP contribution in [0.15, 0.2) is 48.8 Å². The van der Waals surface area contributed by atoms with E-state index in [1.807, 2.05) is 32.9 Å². The highest BCUT2D eigenvalue weighted by Gasteiger charge is 2.37. The van der Waals surface area contributed by atoms with Crippen molar-refractivity contribution in [2.24, 2.45) is 35.5 Å². The van der Waals surface area contributed by atoms with Crippen LogP contribution in [-0.4, -0.2) is 66.3 Å². The molecule has 4 aromatic rings. The number of aromatic amines is 1. The molecule has 4 aliphatic carbocycles. The lowest BCUT2D eigenvalue weighted by atomic mass is 9.63. The van der Waals surface area contributed by atoms with Gasteiger partial charge in [-0.3, -0.25) is 0 Å². The van der Waals surface area contributed by atoms with Crippen LogP contribution in [0, 0.1) is 35.5 Å². The minimum atomic E-state index is -0.594. The molecule has 4 fully saturated rings. The summed E-state index contributed by atoms with van der Waals surface area (Å²) >= 11 is 17.6. The molecule has 0 aromatic carbocycles. The molecule has 0 amide bonds. The molecule has 4 saturated carbocycles. The summed E-state index contributed by atoms with van der Waals surface area (Å²) in [5.74, 6) is 6.48. The van der Waals surface area contributed by atoms with Crippen LogP contribution in [0.3, 0.4) is 0 Å². The molecule has 4 aromatic heterocycles. The Bertz CT molecular complexity index is 2040. The first-order valence-corrected chi connectivity index (χ1v) is 23.9. The molecule has 344 valence electrons. The highest BCUT2D eigenvalue weighted by Crippen LogP contribution is 2.47. The Morgan fingerprint density at radius 1 is 0.667 bits per heavy atom. The van der Waals surface area contributed by atoms with Crippen molar-refractivity contribution in [1.29, 1.82) is 0 Å². The van der Waals surface area contributed by atoms with E-state index >= 15 is 0 Å². The molecular formula is C48H65Cl3N6O6. The van der Waals surface area contributed by atoms with E-state index in [0.29, 0.717) is 18.3 Å². The number of nitrogens with zero attached hydrogens (tertiary/aromatic N) is 5. The number of halogens is 3. The lowest BCUT2D eigenvalue weighted by Crippen LogP contribution is -2.33. The molecule has 0 spiro atoms. The van der Waals surface area contributed by atoms with Gasteiger partial charge in [0.25, 0.3) is 0 Å². The van der Waals surface area contributed by atoms with E-state index in [-0.39, 0.29) is 26.6 Å². The minimum Gasteiger partial charge on any atom is -0.478 e. The maximum absolute atomic E-state index is 12.3. The molecule has 0 radical (unpaired) electrons. The van der Waals surface area contributed by atoms with Gasteiger partial charge in [-0.25, -0.2) is 29.3 Å². The van der Waals surface area contributed by atoms with E-state index in [4.69, 9.17) is 53.8 Å². The van der Waals surface area contributed by atoms with E-state index < -0.39 is 23.1 Å². The van der Waals surface area contributed by atoms with Crippen LogP contribution in [0.5, 0.6) is 11.8 Å². The smallest absolute Gasteiger partial charge is 0.341 e. The fourth-order valence-electron chi connectivity index (χ4n) is 8.56. The summed E-state index contributed by atoms with van der Waals surface area (Å²) in [4.78, 5) is 31.9. The molecule has 4 aliphatic rings. The average molecular weight is 928 g/mol. The van der Waals surface area contributed by atoms with Gasteiger partial charge >= 0.3 is 11.9 Å². The van der Waals surface area contributed by atoms with Gasteiger partial charge in [0.2, 0.25) is 11.8 Å². The Morgan fingerprint density at radius 3 is 1.56 bits per heavy atom. The second-order valence-electron chi connectivity index (χ2n) is 19.4. The Hall–Kier alpha value is -3.87. The van der Waals surface area contributed by atoms with Crippen LogP contribution in [-0.2, 0) is 9.47 Å². The van der Waals surface area contributed by atoms with Crippen molar-refractivity contribution < 1.29 is 28.5 Å². The lowest BCUT2D eigenvalue weighted by molar-refractivity contribution is 0.00567. The topological polar surface area (TPSA) is 143 Å². The summed E-state index contributed by atoms with van der Waals surface area (Å²) in [5, 5.41) is 11.6. The third kappa shape index (κ3) is 14.6. The van der Waals surface area contributed by atoms with Gasteiger partial charge in [0.05, 0.1) is 30.5 Å². The molecule has 0 bridgehead atoms. The number of hydrogen-bond donors (Lipinski definition) is 1. The van der Waals surface area contributed by atoms with E-state index in [1.54, 1.807) is 50.0 Å². The number of rotatable bonds is 15. The molecule has 63 heavy (non-hydrogen) atoms. The van der Waals surface area contributed by atoms with Gasteiger partial charge < -0.3 is 18.9 Å². The highest BCUT2D eigenvalue weighted by molar-refractivity contribution is 6.34. The molecule has 0 saturated heterocycles. The molecule has 4 heterocycles. The van der Waals surface area contributed by atoms with Gasteiger partial charge in [0.15, 0.2) is 5.82 Å². The van der Waals surface area contributed by atoms with Gasteiger partial charge in [-0.1, -0.05) is 112 Å². The lowest BCUT2D eigenvalue weighted by Gasteiger charge is -2.42. The maximum Gasteiger partial charge on any atom is 0.341 e. The first-order chi connectivity index (χ1) is 30.0. The third-order valence-corrected chi connectivity index (χ3v) is 13.4. The first kappa shape index (κ1) is 48.6. The number of hydrogen-bond acceptors (Lipinski definition) is 10. The quantitative estimate of drug-likeness (QED) is 0.0904. The molecule has 0 atom stereocenters. The van der Waals surface area contributed by atoms with Crippen molar-refractivity contribution in [3.63, 3.8) is 0 Å². The Balaban J connectivity index is 0.000000174. The van der Waals surface area contributed by atoms with Crippen LogP contribution in [0.1, 0.15) is 152 Å². The molecule has 0 unspecified atom stereocenters. The van der Waals surface area contributed by atoms with E-state index in [9.17, 15) is 9.59 Å². The van der Waals surface area contributed by atoms with Gasteiger partial charge in [0, 0.05) is 18.3 Å². The summed E-state index contributed by atoms with van der Waals surface area (Å²) in [6, 6.07) is 10.0. The van der Waals surface area contributed by atoms with Crippen LogP contribution >= 0.6 is 34.8 Å². The second-order valence-corrected chi connectivity index (χ2v) is 20.5. The summed E-state index contributed by atoms with van der Waals surface area (Å²) in [6.07, 6.45) is 23.0. The minimum absolute atomic E-state index is 0.0525. The zero-order chi connectivity index (χ0) is 45.1. The van der Waals surface area contributed by atoms with E-state index in [0.717, 1.165) is 54.4 Å².